The van der Waals surface area contributed by atoms with Crippen molar-refractivity contribution in [1.82, 2.24) is 5.32 Å². The molecule has 1 unspecified atom stereocenters. The van der Waals surface area contributed by atoms with Crippen LogP contribution in [-0.4, -0.2) is 27.2 Å². The van der Waals surface area contributed by atoms with Crippen LogP contribution in [0.25, 0.3) is 0 Å². The first-order valence-corrected chi connectivity index (χ1v) is 8.57. The SMILES string of the molecule is CCC(C)Oc1cccc(C(=O)NC(=S)Nc2ccc([N+](=O)[O-])cc2O)c1. The molecule has 0 fully saturated rings. The number of hydrogen-bond acceptors (Lipinski definition) is 6. The van der Waals surface area contributed by atoms with Crippen LogP contribution in [0.5, 0.6) is 11.5 Å². The van der Waals surface area contributed by atoms with E-state index in [0.717, 1.165) is 12.5 Å². The van der Waals surface area contributed by atoms with Crippen LogP contribution in [-0.2, 0) is 0 Å². The smallest absolute Gasteiger partial charge is 0.273 e. The van der Waals surface area contributed by atoms with Crippen LogP contribution >= 0.6 is 12.2 Å². The minimum Gasteiger partial charge on any atom is -0.506 e. The van der Waals surface area contributed by atoms with Gasteiger partial charge >= 0.3 is 0 Å². The fourth-order valence-corrected chi connectivity index (χ4v) is 2.30. The number of amides is 1. The first-order valence-electron chi connectivity index (χ1n) is 8.16. The molecule has 0 aromatic heterocycles. The Hall–Kier alpha value is -3.20. The number of benzene rings is 2. The highest BCUT2D eigenvalue weighted by molar-refractivity contribution is 7.80. The van der Waals surface area contributed by atoms with E-state index in [4.69, 9.17) is 17.0 Å². The van der Waals surface area contributed by atoms with E-state index in [9.17, 15) is 20.0 Å². The van der Waals surface area contributed by atoms with Gasteiger partial charge in [-0.05, 0) is 49.8 Å². The summed E-state index contributed by atoms with van der Waals surface area (Å²) in [5.41, 5.74) is 0.235. The van der Waals surface area contributed by atoms with Crippen LogP contribution in [0.2, 0.25) is 0 Å². The Kier molecular flexibility index (Phi) is 6.67. The minimum absolute atomic E-state index is 0.0242. The van der Waals surface area contributed by atoms with E-state index in [1.165, 1.54) is 12.1 Å². The zero-order valence-electron chi connectivity index (χ0n) is 14.8. The number of nitrogens with one attached hydrogen (secondary N) is 2. The third-order valence-corrected chi connectivity index (χ3v) is 3.88. The molecule has 3 N–H and O–H groups in total. The van der Waals surface area contributed by atoms with E-state index in [-0.39, 0.29) is 28.3 Å². The van der Waals surface area contributed by atoms with Gasteiger partial charge in [0.25, 0.3) is 11.6 Å². The molecular weight excluding hydrogens is 370 g/mol. The van der Waals surface area contributed by atoms with Crippen molar-refractivity contribution in [3.05, 3.63) is 58.1 Å². The van der Waals surface area contributed by atoms with Crippen LogP contribution in [0.1, 0.15) is 30.6 Å². The molecule has 0 aliphatic rings. The molecule has 2 rings (SSSR count). The van der Waals surface area contributed by atoms with Crippen molar-refractivity contribution in [2.24, 2.45) is 0 Å². The van der Waals surface area contributed by atoms with E-state index in [2.05, 4.69) is 10.6 Å². The van der Waals surface area contributed by atoms with Crippen molar-refractivity contribution in [2.75, 3.05) is 5.32 Å². The highest BCUT2D eigenvalue weighted by atomic mass is 32.1. The number of nitro benzene ring substituents is 1. The second-order valence-electron chi connectivity index (χ2n) is 5.73. The summed E-state index contributed by atoms with van der Waals surface area (Å²) >= 11 is 5.06. The molecular formula is C18H19N3O5S. The lowest BCUT2D eigenvalue weighted by Gasteiger charge is -2.14. The molecule has 0 radical (unpaired) electrons. The Bertz CT molecular complexity index is 872. The number of non-ortho nitro benzene ring substituents is 1. The molecule has 9 heteroatoms. The van der Waals surface area contributed by atoms with E-state index in [1.807, 2.05) is 13.8 Å². The Morgan fingerprint density at radius 2 is 2.07 bits per heavy atom. The maximum atomic E-state index is 12.3. The van der Waals surface area contributed by atoms with Gasteiger partial charge in [0.15, 0.2) is 5.11 Å². The van der Waals surface area contributed by atoms with Crippen LogP contribution in [0.4, 0.5) is 11.4 Å². The molecule has 142 valence electrons. The average molecular weight is 389 g/mol. The molecule has 2 aromatic rings. The highest BCUT2D eigenvalue weighted by Gasteiger charge is 2.13. The number of thiocarbonyl (C=S) groups is 1. The molecule has 0 heterocycles. The van der Waals surface area contributed by atoms with E-state index in [0.29, 0.717) is 11.3 Å². The summed E-state index contributed by atoms with van der Waals surface area (Å²) in [5, 5.41) is 25.6. The zero-order chi connectivity index (χ0) is 20.0. The van der Waals surface area contributed by atoms with Gasteiger partial charge in [0.2, 0.25) is 0 Å². The fraction of sp³-hybridized carbons (Fsp3) is 0.222. The summed E-state index contributed by atoms with van der Waals surface area (Å²) in [6.45, 7) is 3.93. The molecule has 8 nitrogen and oxygen atoms in total. The van der Waals surface area contributed by atoms with Crippen LogP contribution < -0.4 is 15.4 Å². The van der Waals surface area contributed by atoms with Crippen molar-refractivity contribution in [3.8, 4) is 11.5 Å². The van der Waals surface area contributed by atoms with Crippen molar-refractivity contribution in [2.45, 2.75) is 26.4 Å². The number of nitro groups is 1. The standard InChI is InChI=1S/C18H19N3O5S/c1-3-11(2)26-14-6-4-5-12(9-14)17(23)20-18(27)19-15-8-7-13(21(24)25)10-16(15)22/h4-11,22H,3H2,1-2H3,(H2,19,20,23,27). The summed E-state index contributed by atoms with van der Waals surface area (Å²) in [6.07, 6.45) is 0.861. The molecule has 0 bridgehead atoms. The van der Waals surface area contributed by atoms with Crippen molar-refractivity contribution < 1.29 is 19.6 Å². The molecule has 0 saturated carbocycles. The maximum Gasteiger partial charge on any atom is 0.273 e. The molecule has 27 heavy (non-hydrogen) atoms. The quantitative estimate of drug-likeness (QED) is 0.299. The third kappa shape index (κ3) is 5.65. The van der Waals surface area contributed by atoms with E-state index < -0.39 is 10.8 Å². The maximum absolute atomic E-state index is 12.3. The van der Waals surface area contributed by atoms with Gasteiger partial charge in [-0.15, -0.1) is 0 Å². The summed E-state index contributed by atoms with van der Waals surface area (Å²) < 4.78 is 5.68. The Morgan fingerprint density at radius 3 is 2.70 bits per heavy atom. The van der Waals surface area contributed by atoms with Crippen LogP contribution in [0.3, 0.4) is 0 Å². The van der Waals surface area contributed by atoms with Crippen molar-refractivity contribution in [3.63, 3.8) is 0 Å². The molecule has 0 aliphatic heterocycles. The number of ether oxygens (including phenoxy) is 1. The average Bonchev–Trinajstić information content (AvgIpc) is 2.63. The molecule has 1 atom stereocenters. The summed E-state index contributed by atoms with van der Waals surface area (Å²) in [4.78, 5) is 22.4. The third-order valence-electron chi connectivity index (χ3n) is 3.68. The minimum atomic E-state index is -0.627. The largest absolute Gasteiger partial charge is 0.506 e. The lowest BCUT2D eigenvalue weighted by molar-refractivity contribution is -0.384. The van der Waals surface area contributed by atoms with E-state index in [1.54, 1.807) is 24.3 Å². The topological polar surface area (TPSA) is 114 Å². The molecule has 0 saturated heterocycles. The second kappa shape index (κ2) is 8.95. The number of carbonyl (C=O) groups is 1. The highest BCUT2D eigenvalue weighted by Crippen LogP contribution is 2.27. The lowest BCUT2D eigenvalue weighted by Crippen LogP contribution is -2.34. The predicted octanol–water partition coefficient (Wildman–Crippen LogP) is 3.60. The second-order valence-corrected chi connectivity index (χ2v) is 6.14. The van der Waals surface area contributed by atoms with Gasteiger partial charge < -0.3 is 15.2 Å². The first-order chi connectivity index (χ1) is 12.8. The van der Waals surface area contributed by atoms with Gasteiger partial charge in [-0.25, -0.2) is 0 Å². The number of carbonyl (C=O) groups excluding carboxylic acids is 1. The number of nitrogens with zero attached hydrogens (tertiary/aromatic N) is 1. The molecule has 1 amide bonds. The molecule has 0 aliphatic carbocycles. The Labute approximate surface area is 161 Å². The normalized spacial score (nSPS) is 11.3. The summed E-state index contributed by atoms with van der Waals surface area (Å²) in [7, 11) is 0. The van der Waals surface area contributed by atoms with Gasteiger partial charge in [0, 0.05) is 11.6 Å². The van der Waals surface area contributed by atoms with Crippen molar-refractivity contribution >= 4 is 34.6 Å². The number of hydrogen-bond donors (Lipinski definition) is 3. The number of rotatable bonds is 6. The monoisotopic (exact) mass is 389 g/mol. The number of phenolic OH excluding ortho intramolecular Hbond substituents is 1. The van der Waals surface area contributed by atoms with Gasteiger partial charge in [-0.2, -0.15) is 0 Å². The molecule has 0 spiro atoms. The fourth-order valence-electron chi connectivity index (χ4n) is 2.09. The van der Waals surface area contributed by atoms with E-state index >= 15 is 0 Å². The van der Waals surface area contributed by atoms with Gasteiger partial charge in [0.1, 0.15) is 11.5 Å². The summed E-state index contributed by atoms with van der Waals surface area (Å²) in [5.74, 6) is -0.239. The van der Waals surface area contributed by atoms with Crippen LogP contribution in [0.15, 0.2) is 42.5 Å². The zero-order valence-corrected chi connectivity index (χ0v) is 15.6. The Morgan fingerprint density at radius 1 is 1.33 bits per heavy atom. The molecule has 2 aromatic carbocycles. The number of phenols is 1. The van der Waals surface area contributed by atoms with Crippen LogP contribution in [0, 0.1) is 10.1 Å². The predicted molar refractivity (Wildman–Crippen MR) is 105 cm³/mol. The van der Waals surface area contributed by atoms with Gasteiger partial charge in [-0.3, -0.25) is 20.2 Å². The van der Waals surface area contributed by atoms with Gasteiger partial charge in [-0.1, -0.05) is 13.0 Å². The summed E-state index contributed by atoms with van der Waals surface area (Å²) in [6, 6.07) is 10.2. The van der Waals surface area contributed by atoms with Gasteiger partial charge in [0.05, 0.1) is 22.8 Å². The number of anilines is 1. The Balaban J connectivity index is 2.02. The first kappa shape index (κ1) is 20.1. The lowest BCUT2D eigenvalue weighted by atomic mass is 10.2. The number of aromatic hydroxyl groups is 1. The van der Waals surface area contributed by atoms with Crippen molar-refractivity contribution in [1.29, 1.82) is 0 Å².